The maximum absolute atomic E-state index is 12.3. The zero-order chi connectivity index (χ0) is 17.6. The first-order valence-electron chi connectivity index (χ1n) is 7.25. The lowest BCUT2D eigenvalue weighted by Crippen LogP contribution is -2.00. The van der Waals surface area contributed by atoms with Crippen molar-refractivity contribution < 1.29 is 23.1 Å². The molecule has 0 unspecified atom stereocenters. The van der Waals surface area contributed by atoms with Crippen molar-refractivity contribution in [2.24, 2.45) is 0 Å². The number of benzene rings is 2. The molecule has 7 heteroatoms. The Kier molecular flexibility index (Phi) is 6.87. The Morgan fingerprint density at radius 2 is 1.67 bits per heavy atom. The minimum atomic E-state index is -3.17. The monoisotopic (exact) mass is 414 g/mol. The quantitative estimate of drug-likeness (QED) is 0.567. The number of hydrogen-bond donors (Lipinski definition) is 0. The Hall–Kier alpha value is -1.33. The largest absolute Gasteiger partial charge is 0.493 e. The molecule has 2 rings (SSSR count). The van der Waals surface area contributed by atoms with Gasteiger partial charge >= 0.3 is 7.60 Å². The first-order chi connectivity index (χ1) is 11.5. The lowest BCUT2D eigenvalue weighted by Gasteiger charge is -2.17. The molecule has 0 heterocycles. The van der Waals surface area contributed by atoms with Crippen molar-refractivity contribution in [2.45, 2.75) is 12.8 Å². The van der Waals surface area contributed by atoms with Crippen molar-refractivity contribution in [3.05, 3.63) is 58.1 Å². The lowest BCUT2D eigenvalue weighted by atomic mass is 10.2. The van der Waals surface area contributed by atoms with Crippen LogP contribution < -0.4 is 9.47 Å². The average molecular weight is 415 g/mol. The molecule has 5 nitrogen and oxygen atoms in total. The molecule has 0 aromatic heterocycles. The van der Waals surface area contributed by atoms with Gasteiger partial charge in [-0.05, 0) is 23.3 Å². The van der Waals surface area contributed by atoms with Crippen LogP contribution in [0.25, 0.3) is 0 Å². The molecular formula is C17H20BrO5P. The van der Waals surface area contributed by atoms with E-state index in [0.29, 0.717) is 18.1 Å². The number of ether oxygens (including phenoxy) is 2. The third kappa shape index (κ3) is 4.84. The van der Waals surface area contributed by atoms with Crippen LogP contribution in [-0.4, -0.2) is 21.3 Å². The summed E-state index contributed by atoms with van der Waals surface area (Å²) in [5.74, 6) is 1.16. The van der Waals surface area contributed by atoms with E-state index < -0.39 is 7.60 Å². The molecule has 0 saturated carbocycles. The fraction of sp³-hybridized carbons (Fsp3) is 0.294. The van der Waals surface area contributed by atoms with Crippen molar-refractivity contribution in [3.8, 4) is 11.5 Å². The molecule has 0 aliphatic carbocycles. The molecule has 0 radical (unpaired) electrons. The van der Waals surface area contributed by atoms with E-state index in [-0.39, 0.29) is 6.16 Å². The highest BCUT2D eigenvalue weighted by molar-refractivity contribution is 9.10. The summed E-state index contributed by atoms with van der Waals surface area (Å²) < 4.78 is 34.3. The van der Waals surface area contributed by atoms with Crippen LogP contribution in [0.5, 0.6) is 11.5 Å². The average Bonchev–Trinajstić information content (AvgIpc) is 2.62. The van der Waals surface area contributed by atoms with Gasteiger partial charge in [0.25, 0.3) is 0 Å². The van der Waals surface area contributed by atoms with Gasteiger partial charge in [-0.15, -0.1) is 0 Å². The topological polar surface area (TPSA) is 54.0 Å². The van der Waals surface area contributed by atoms with Gasteiger partial charge in [-0.3, -0.25) is 4.57 Å². The van der Waals surface area contributed by atoms with Gasteiger partial charge in [-0.1, -0.05) is 46.3 Å². The summed E-state index contributed by atoms with van der Waals surface area (Å²) in [6.07, 6.45) is 0.135. The predicted octanol–water partition coefficient (Wildman–Crippen LogP) is 5.02. The van der Waals surface area contributed by atoms with Gasteiger partial charge in [0.1, 0.15) is 6.61 Å². The zero-order valence-corrected chi connectivity index (χ0v) is 16.3. The molecule has 24 heavy (non-hydrogen) atoms. The number of methoxy groups -OCH3 is 1. The summed E-state index contributed by atoms with van der Waals surface area (Å²) in [6, 6.07) is 13.4. The molecule has 2 aromatic rings. The fourth-order valence-electron chi connectivity index (χ4n) is 2.12. The van der Waals surface area contributed by atoms with Crippen molar-refractivity contribution in [1.82, 2.24) is 0 Å². The summed E-state index contributed by atoms with van der Waals surface area (Å²) in [6.45, 7) is 0.428. The third-order valence-corrected chi connectivity index (χ3v) is 6.07. The molecule has 2 aromatic carbocycles. The van der Waals surface area contributed by atoms with Gasteiger partial charge in [0, 0.05) is 18.7 Å². The molecule has 0 amide bonds. The van der Waals surface area contributed by atoms with Gasteiger partial charge < -0.3 is 18.5 Å². The molecule has 0 saturated heterocycles. The number of rotatable bonds is 8. The minimum Gasteiger partial charge on any atom is -0.493 e. The van der Waals surface area contributed by atoms with Crippen LogP contribution in [0.15, 0.2) is 46.9 Å². The van der Waals surface area contributed by atoms with Crippen molar-refractivity contribution >= 4 is 23.5 Å². The Balaban J connectivity index is 2.22. The summed E-state index contributed by atoms with van der Waals surface area (Å²) in [4.78, 5) is 0. The minimum absolute atomic E-state index is 0.135. The van der Waals surface area contributed by atoms with E-state index in [9.17, 15) is 4.57 Å². The van der Waals surface area contributed by atoms with Crippen molar-refractivity contribution in [1.29, 1.82) is 0 Å². The first kappa shape index (κ1) is 19.0. The predicted molar refractivity (Wildman–Crippen MR) is 96.8 cm³/mol. The van der Waals surface area contributed by atoms with Crippen molar-refractivity contribution in [2.75, 3.05) is 21.3 Å². The van der Waals surface area contributed by atoms with Gasteiger partial charge in [-0.2, -0.15) is 0 Å². The number of halogens is 1. The summed E-state index contributed by atoms with van der Waals surface area (Å²) in [7, 11) is 1.13. The lowest BCUT2D eigenvalue weighted by molar-refractivity contribution is 0.274. The SMILES string of the molecule is COc1cc(CP(=O)(OC)OC)c(Br)cc1OCc1ccccc1. The second kappa shape index (κ2) is 8.67. The molecule has 0 spiro atoms. The van der Waals surface area contributed by atoms with Gasteiger partial charge in [0.15, 0.2) is 11.5 Å². The molecule has 0 aliphatic heterocycles. The van der Waals surface area contributed by atoms with Gasteiger partial charge in [-0.25, -0.2) is 0 Å². The Morgan fingerprint density at radius 3 is 2.25 bits per heavy atom. The smallest absolute Gasteiger partial charge is 0.334 e. The molecule has 0 atom stereocenters. The second-order valence-corrected chi connectivity index (χ2v) is 8.13. The van der Waals surface area contributed by atoms with Crippen molar-refractivity contribution in [3.63, 3.8) is 0 Å². The molecule has 0 N–H and O–H groups in total. The summed E-state index contributed by atoms with van der Waals surface area (Å²) in [5.41, 5.74) is 1.81. The van der Waals surface area contributed by atoms with Crippen LogP contribution in [0.4, 0.5) is 0 Å². The third-order valence-electron chi connectivity index (χ3n) is 3.49. The normalized spacial score (nSPS) is 11.3. The van der Waals surface area contributed by atoms with E-state index in [0.717, 1.165) is 15.6 Å². The zero-order valence-electron chi connectivity index (χ0n) is 13.8. The summed E-state index contributed by atoms with van der Waals surface area (Å²) in [5, 5.41) is 0. The van der Waals surface area contributed by atoms with E-state index in [4.69, 9.17) is 18.5 Å². The molecule has 0 fully saturated rings. The van der Waals surface area contributed by atoms with E-state index in [1.807, 2.05) is 30.3 Å². The Bertz CT molecular complexity index is 712. The molecule has 0 bridgehead atoms. The highest BCUT2D eigenvalue weighted by atomic mass is 79.9. The van der Waals surface area contributed by atoms with Crippen LogP contribution in [0, 0.1) is 0 Å². The molecule has 130 valence electrons. The Labute approximate surface area is 150 Å². The van der Waals surface area contributed by atoms with E-state index in [2.05, 4.69) is 15.9 Å². The van der Waals surface area contributed by atoms with E-state index >= 15 is 0 Å². The molecule has 0 aliphatic rings. The Morgan fingerprint density at radius 1 is 1.00 bits per heavy atom. The van der Waals surface area contributed by atoms with Crippen LogP contribution in [0.3, 0.4) is 0 Å². The molecular weight excluding hydrogens is 395 g/mol. The van der Waals surface area contributed by atoms with Crippen LogP contribution in [0.2, 0.25) is 0 Å². The standard InChI is InChI=1S/C17H20BrO5P/c1-20-16-9-14(12-24(19,21-2)22-3)15(18)10-17(16)23-11-13-7-5-4-6-8-13/h4-10H,11-12H2,1-3H3. The van der Waals surface area contributed by atoms with E-state index in [1.54, 1.807) is 19.2 Å². The summed E-state index contributed by atoms with van der Waals surface area (Å²) >= 11 is 3.48. The van der Waals surface area contributed by atoms with Gasteiger partial charge in [0.2, 0.25) is 0 Å². The fourth-order valence-corrected chi connectivity index (χ4v) is 3.88. The highest BCUT2D eigenvalue weighted by Gasteiger charge is 2.24. The van der Waals surface area contributed by atoms with Crippen LogP contribution >= 0.6 is 23.5 Å². The van der Waals surface area contributed by atoms with Crippen LogP contribution in [-0.2, 0) is 26.4 Å². The maximum Gasteiger partial charge on any atom is 0.334 e. The van der Waals surface area contributed by atoms with Gasteiger partial charge in [0.05, 0.1) is 13.3 Å². The first-order valence-corrected chi connectivity index (χ1v) is 9.77. The number of hydrogen-bond acceptors (Lipinski definition) is 5. The maximum atomic E-state index is 12.3. The van der Waals surface area contributed by atoms with Crippen LogP contribution in [0.1, 0.15) is 11.1 Å². The van der Waals surface area contributed by atoms with E-state index in [1.165, 1.54) is 14.2 Å². The highest BCUT2D eigenvalue weighted by Crippen LogP contribution is 2.51. The second-order valence-electron chi connectivity index (χ2n) is 5.00.